The van der Waals surface area contributed by atoms with E-state index in [9.17, 15) is 13.2 Å². The van der Waals surface area contributed by atoms with E-state index in [-0.39, 0.29) is 33.3 Å². The molecule has 2 radical (unpaired) electrons. The summed E-state index contributed by atoms with van der Waals surface area (Å²) in [6.45, 7) is -0.728. The van der Waals surface area contributed by atoms with Crippen molar-refractivity contribution in [2.45, 2.75) is 6.43 Å². The van der Waals surface area contributed by atoms with Gasteiger partial charge in [0, 0.05) is 17.3 Å². The summed E-state index contributed by atoms with van der Waals surface area (Å²) in [4.78, 5) is 13.2. The molecule has 2 heterocycles. The molecular weight excluding hydrogens is 367 g/mol. The van der Waals surface area contributed by atoms with Crippen LogP contribution in [0.5, 0.6) is 0 Å². The summed E-state index contributed by atoms with van der Waals surface area (Å²) in [7, 11) is 5.65. The van der Waals surface area contributed by atoms with Crippen LogP contribution >= 0.6 is 11.6 Å². The van der Waals surface area contributed by atoms with Crippen molar-refractivity contribution < 1.29 is 13.2 Å². The number of fused-ring (bicyclic) bond motifs is 1. The first-order valence-corrected chi connectivity index (χ1v) is 7.67. The van der Waals surface area contributed by atoms with Crippen LogP contribution in [0.4, 0.5) is 30.6 Å². The molecule has 0 saturated heterocycles. The average Bonchev–Trinajstić information content (AvgIpc) is 2.59. The fraction of sp³-hybridized carbons (Fsp3) is 0.133. The van der Waals surface area contributed by atoms with E-state index in [4.69, 9.17) is 25.3 Å². The molecule has 0 aliphatic heterocycles. The zero-order chi connectivity index (χ0) is 18.8. The quantitative estimate of drug-likeness (QED) is 0.403. The van der Waals surface area contributed by atoms with Crippen molar-refractivity contribution in [2.24, 2.45) is 5.84 Å². The topological polar surface area (TPSA) is 80.0 Å². The largest absolute Gasteiger partial charge is 0.320 e. The first-order valence-electron chi connectivity index (χ1n) is 7.29. The molecule has 0 aliphatic carbocycles. The van der Waals surface area contributed by atoms with Crippen molar-refractivity contribution >= 4 is 53.4 Å². The molecular formula is C15H11BClF3N6. The number of anilines is 3. The minimum Gasteiger partial charge on any atom is -0.320 e. The van der Waals surface area contributed by atoms with E-state index in [1.54, 1.807) is 0 Å². The van der Waals surface area contributed by atoms with Crippen LogP contribution in [0.15, 0.2) is 30.5 Å². The van der Waals surface area contributed by atoms with Gasteiger partial charge in [-0.1, -0.05) is 11.6 Å². The lowest BCUT2D eigenvalue weighted by Crippen LogP contribution is -2.27. The van der Waals surface area contributed by atoms with Crippen LogP contribution in [0.25, 0.3) is 10.9 Å². The van der Waals surface area contributed by atoms with Gasteiger partial charge < -0.3 is 4.90 Å². The molecule has 0 bridgehead atoms. The molecule has 3 aromatic rings. The lowest BCUT2D eigenvalue weighted by molar-refractivity contribution is 0.158. The summed E-state index contributed by atoms with van der Waals surface area (Å²) >= 11 is 6.05. The number of aromatic nitrogens is 3. The molecule has 0 fully saturated rings. The third kappa shape index (κ3) is 3.66. The Labute approximate surface area is 152 Å². The second kappa shape index (κ2) is 7.34. The number of hydrogen-bond donors (Lipinski definition) is 2. The van der Waals surface area contributed by atoms with Crippen LogP contribution in [-0.2, 0) is 0 Å². The number of nitrogens with two attached hydrogens (primary N) is 1. The standard InChI is InChI=1S/C15H11BClF3N6/c16-11-5-8(1-2-22-11)26(6-12(19)20)14-9-3-7(18)4-10(17)13(9)23-15(24-14)25-21/h1-5,12H,6,21H2,(H,23,24,25). The Morgan fingerprint density at radius 2 is 2.04 bits per heavy atom. The molecule has 0 unspecified atom stereocenters. The third-order valence-electron chi connectivity index (χ3n) is 3.48. The molecule has 11 heteroatoms. The highest BCUT2D eigenvalue weighted by atomic mass is 35.5. The molecule has 3 rings (SSSR count). The highest BCUT2D eigenvalue weighted by Crippen LogP contribution is 2.34. The average molecular weight is 379 g/mol. The summed E-state index contributed by atoms with van der Waals surface area (Å²) in [5.74, 6) is 4.63. The van der Waals surface area contributed by atoms with Crippen LogP contribution in [0.3, 0.4) is 0 Å². The number of hydrogen-bond acceptors (Lipinski definition) is 6. The number of nitrogen functional groups attached to an aromatic ring is 1. The van der Waals surface area contributed by atoms with Crippen molar-refractivity contribution in [1.82, 2.24) is 15.0 Å². The fourth-order valence-electron chi connectivity index (χ4n) is 2.47. The maximum Gasteiger partial charge on any atom is 0.256 e. The monoisotopic (exact) mass is 378 g/mol. The summed E-state index contributed by atoms with van der Waals surface area (Å²) in [6, 6.07) is 5.04. The number of hydrazine groups is 1. The Hall–Kier alpha value is -2.59. The SMILES string of the molecule is [B]c1cc(N(CC(F)F)c2nc(NN)nc3c(Cl)cc(F)cc23)ccn1. The summed E-state index contributed by atoms with van der Waals surface area (Å²) < 4.78 is 40.3. The number of rotatable bonds is 5. The van der Waals surface area contributed by atoms with Gasteiger partial charge in [-0.3, -0.25) is 10.4 Å². The highest BCUT2D eigenvalue weighted by molar-refractivity contribution is 6.35. The predicted molar refractivity (Wildman–Crippen MR) is 95.0 cm³/mol. The molecule has 26 heavy (non-hydrogen) atoms. The summed E-state index contributed by atoms with van der Waals surface area (Å²) in [5.41, 5.74) is 2.83. The molecule has 0 amide bonds. The van der Waals surface area contributed by atoms with Gasteiger partial charge in [0.25, 0.3) is 6.43 Å². The van der Waals surface area contributed by atoms with Crippen LogP contribution in [0, 0.1) is 5.82 Å². The molecule has 2 aromatic heterocycles. The summed E-state index contributed by atoms with van der Waals surface area (Å²) in [6.07, 6.45) is -1.35. The lowest BCUT2D eigenvalue weighted by atomic mass is 10.0. The van der Waals surface area contributed by atoms with Gasteiger partial charge in [0.1, 0.15) is 19.5 Å². The second-order valence-electron chi connectivity index (χ2n) is 5.24. The Balaban J connectivity index is 2.30. The Morgan fingerprint density at radius 1 is 1.27 bits per heavy atom. The lowest BCUT2D eigenvalue weighted by Gasteiger charge is -2.25. The predicted octanol–water partition coefficient (Wildman–Crippen LogP) is 2.30. The second-order valence-corrected chi connectivity index (χ2v) is 5.65. The van der Waals surface area contributed by atoms with Crippen LogP contribution < -0.4 is 21.8 Å². The highest BCUT2D eigenvalue weighted by Gasteiger charge is 2.22. The number of nitrogens with one attached hydrogen (secondary N) is 1. The number of benzene rings is 1. The molecule has 132 valence electrons. The van der Waals surface area contributed by atoms with E-state index in [1.165, 1.54) is 23.2 Å². The van der Waals surface area contributed by atoms with Gasteiger partial charge in [0.05, 0.1) is 17.1 Å². The Morgan fingerprint density at radius 3 is 2.69 bits per heavy atom. The molecule has 1 aromatic carbocycles. The van der Waals surface area contributed by atoms with E-state index in [2.05, 4.69) is 20.4 Å². The van der Waals surface area contributed by atoms with Crippen molar-refractivity contribution in [3.05, 3.63) is 41.3 Å². The van der Waals surface area contributed by atoms with Crippen LogP contribution in [0.2, 0.25) is 5.02 Å². The molecule has 0 saturated carbocycles. The van der Waals surface area contributed by atoms with E-state index < -0.39 is 18.8 Å². The van der Waals surface area contributed by atoms with E-state index in [0.29, 0.717) is 5.69 Å². The number of halogens is 4. The Bertz CT molecular complexity index is 958. The van der Waals surface area contributed by atoms with E-state index in [0.717, 1.165) is 12.1 Å². The van der Waals surface area contributed by atoms with Crippen molar-refractivity contribution in [3.8, 4) is 0 Å². The zero-order valence-corrected chi connectivity index (χ0v) is 13.9. The van der Waals surface area contributed by atoms with Crippen LogP contribution in [-0.4, -0.2) is 35.8 Å². The van der Waals surface area contributed by atoms with Crippen molar-refractivity contribution in [1.29, 1.82) is 0 Å². The van der Waals surface area contributed by atoms with Gasteiger partial charge in [0.15, 0.2) is 0 Å². The fourth-order valence-corrected chi connectivity index (χ4v) is 2.72. The molecule has 0 spiro atoms. The van der Waals surface area contributed by atoms with E-state index in [1.807, 2.05) is 0 Å². The smallest absolute Gasteiger partial charge is 0.256 e. The maximum absolute atomic E-state index is 13.9. The van der Waals surface area contributed by atoms with Crippen LogP contribution in [0.1, 0.15) is 0 Å². The molecule has 0 atom stereocenters. The van der Waals surface area contributed by atoms with Gasteiger partial charge in [-0.15, -0.1) is 0 Å². The van der Waals surface area contributed by atoms with E-state index >= 15 is 0 Å². The first-order chi connectivity index (χ1) is 12.4. The number of pyridine rings is 1. The minimum atomic E-state index is -2.72. The zero-order valence-electron chi connectivity index (χ0n) is 13.1. The van der Waals surface area contributed by atoms with Gasteiger partial charge in [-0.2, -0.15) is 4.98 Å². The molecule has 6 nitrogen and oxygen atoms in total. The normalized spacial score (nSPS) is 11.2. The molecule has 3 N–H and O–H groups in total. The van der Waals surface area contributed by atoms with Crippen molar-refractivity contribution in [3.63, 3.8) is 0 Å². The maximum atomic E-state index is 13.9. The van der Waals surface area contributed by atoms with Gasteiger partial charge in [-0.25, -0.2) is 24.0 Å². The van der Waals surface area contributed by atoms with Gasteiger partial charge >= 0.3 is 0 Å². The molecule has 0 aliphatic rings. The number of nitrogens with zero attached hydrogens (tertiary/aromatic N) is 4. The van der Waals surface area contributed by atoms with Gasteiger partial charge in [0.2, 0.25) is 5.95 Å². The number of alkyl halides is 2. The van der Waals surface area contributed by atoms with Gasteiger partial charge in [-0.05, 0) is 29.9 Å². The minimum absolute atomic E-state index is 0.00440. The third-order valence-corrected chi connectivity index (χ3v) is 3.77. The Kier molecular flexibility index (Phi) is 5.14. The van der Waals surface area contributed by atoms with Crippen molar-refractivity contribution in [2.75, 3.05) is 16.9 Å². The summed E-state index contributed by atoms with van der Waals surface area (Å²) in [5, 5.41) is 0.136. The first kappa shape index (κ1) is 18.2.